The highest BCUT2D eigenvalue weighted by atomic mass is 16.5. The zero-order valence-electron chi connectivity index (χ0n) is 14.5. The Labute approximate surface area is 153 Å². The lowest BCUT2D eigenvalue weighted by Crippen LogP contribution is -2.35. The number of esters is 1. The molecule has 27 heavy (non-hydrogen) atoms. The van der Waals surface area contributed by atoms with Crippen LogP contribution < -0.4 is 10.5 Å². The average Bonchev–Trinajstić information content (AvgIpc) is 3.28. The van der Waals surface area contributed by atoms with Crippen molar-refractivity contribution in [2.24, 2.45) is 0 Å². The van der Waals surface area contributed by atoms with Crippen molar-refractivity contribution in [1.82, 2.24) is 14.7 Å². The van der Waals surface area contributed by atoms with Gasteiger partial charge in [-0.15, -0.1) is 0 Å². The number of carbonyl (C=O) groups is 2. The Morgan fingerprint density at radius 1 is 1.30 bits per heavy atom. The van der Waals surface area contributed by atoms with Gasteiger partial charge in [-0.25, -0.2) is 9.78 Å². The Balaban J connectivity index is 1.66. The lowest BCUT2D eigenvalue weighted by Gasteiger charge is -2.17. The number of anilines is 1. The first kappa shape index (κ1) is 17.0. The van der Waals surface area contributed by atoms with Crippen LogP contribution in [-0.2, 0) is 22.5 Å². The maximum atomic E-state index is 12.8. The van der Waals surface area contributed by atoms with Gasteiger partial charge in [-0.1, -0.05) is 23.4 Å². The molecule has 0 radical (unpaired) electrons. The van der Waals surface area contributed by atoms with Crippen LogP contribution in [0.4, 0.5) is 5.69 Å². The minimum Gasteiger partial charge on any atom is -0.461 e. The lowest BCUT2D eigenvalue weighted by molar-refractivity contribution is -0.119. The molecule has 0 atom stereocenters. The second-order valence-corrected chi connectivity index (χ2v) is 6.03. The van der Waals surface area contributed by atoms with E-state index in [9.17, 15) is 14.4 Å². The average molecular weight is 368 g/mol. The number of fused-ring (bicyclic) bond motifs is 2. The Hall–Kier alpha value is -3.49. The van der Waals surface area contributed by atoms with E-state index >= 15 is 0 Å². The smallest absolute Gasteiger partial charge is 0.361 e. The minimum atomic E-state index is -0.771. The molecule has 9 nitrogen and oxygen atoms in total. The molecule has 4 rings (SSSR count). The molecule has 138 valence electrons. The summed E-state index contributed by atoms with van der Waals surface area (Å²) in [6.07, 6.45) is 1.98. The summed E-state index contributed by atoms with van der Waals surface area (Å²) in [4.78, 5) is 43.1. The third-order valence-corrected chi connectivity index (χ3v) is 4.43. The summed E-state index contributed by atoms with van der Waals surface area (Å²) in [7, 11) is 0. The van der Waals surface area contributed by atoms with Gasteiger partial charge in [-0.05, 0) is 25.0 Å². The third kappa shape index (κ3) is 2.86. The monoisotopic (exact) mass is 368 g/mol. The molecular formula is C18H16N4O5. The largest absolute Gasteiger partial charge is 0.461 e. The van der Waals surface area contributed by atoms with Gasteiger partial charge in [0, 0.05) is 12.2 Å². The van der Waals surface area contributed by atoms with Crippen LogP contribution in [-0.4, -0.2) is 39.7 Å². The molecule has 9 heteroatoms. The fourth-order valence-electron chi connectivity index (χ4n) is 3.16. The summed E-state index contributed by atoms with van der Waals surface area (Å²) in [5.74, 6) is -1.01. The van der Waals surface area contributed by atoms with E-state index in [2.05, 4.69) is 10.1 Å². The van der Waals surface area contributed by atoms with E-state index in [1.54, 1.807) is 11.8 Å². The van der Waals surface area contributed by atoms with Crippen LogP contribution >= 0.6 is 0 Å². The van der Waals surface area contributed by atoms with Gasteiger partial charge in [0.25, 0.3) is 11.3 Å². The lowest BCUT2D eigenvalue weighted by atomic mass is 10.2. The van der Waals surface area contributed by atoms with Gasteiger partial charge in [-0.3, -0.25) is 14.2 Å². The fourth-order valence-corrected chi connectivity index (χ4v) is 3.16. The van der Waals surface area contributed by atoms with Gasteiger partial charge >= 0.3 is 5.97 Å². The zero-order valence-corrected chi connectivity index (χ0v) is 14.5. The van der Waals surface area contributed by atoms with E-state index in [4.69, 9.17) is 9.26 Å². The molecule has 1 aromatic carbocycles. The molecule has 1 aliphatic rings. The highest BCUT2D eigenvalue weighted by Crippen LogP contribution is 2.27. The summed E-state index contributed by atoms with van der Waals surface area (Å²) in [5.41, 5.74) is 1.05. The molecule has 0 N–H and O–H groups in total. The molecule has 0 saturated carbocycles. The normalized spacial score (nSPS) is 13.0. The van der Waals surface area contributed by atoms with E-state index in [0.29, 0.717) is 6.54 Å². The summed E-state index contributed by atoms with van der Waals surface area (Å²) < 4.78 is 11.0. The van der Waals surface area contributed by atoms with Gasteiger partial charge in [-0.2, -0.15) is 0 Å². The van der Waals surface area contributed by atoms with Crippen LogP contribution in [0.3, 0.4) is 0 Å². The predicted molar refractivity (Wildman–Crippen MR) is 94.5 cm³/mol. The van der Waals surface area contributed by atoms with Crippen LogP contribution in [0.25, 0.3) is 11.1 Å². The van der Waals surface area contributed by atoms with E-state index < -0.39 is 11.5 Å². The number of ether oxygens (including phenoxy) is 1. The first-order chi connectivity index (χ1) is 13.1. The maximum absolute atomic E-state index is 12.8. The number of amides is 1. The van der Waals surface area contributed by atoms with E-state index in [0.717, 1.165) is 22.2 Å². The molecule has 3 heterocycles. The third-order valence-electron chi connectivity index (χ3n) is 4.43. The van der Waals surface area contributed by atoms with Gasteiger partial charge in [0.15, 0.2) is 0 Å². The van der Waals surface area contributed by atoms with Crippen molar-refractivity contribution in [2.45, 2.75) is 19.9 Å². The van der Waals surface area contributed by atoms with Crippen molar-refractivity contribution < 1.29 is 18.8 Å². The Morgan fingerprint density at radius 2 is 2.11 bits per heavy atom. The number of rotatable bonds is 4. The molecule has 0 saturated heterocycles. The number of carbonyl (C=O) groups excluding carboxylic acids is 2. The van der Waals surface area contributed by atoms with Crippen LogP contribution in [0.1, 0.15) is 23.0 Å². The van der Waals surface area contributed by atoms with Gasteiger partial charge in [0.2, 0.25) is 11.6 Å². The van der Waals surface area contributed by atoms with Crippen LogP contribution in [0.2, 0.25) is 0 Å². The summed E-state index contributed by atoms with van der Waals surface area (Å²) in [6, 6.07) is 7.65. The van der Waals surface area contributed by atoms with E-state index in [1.165, 1.54) is 6.33 Å². The number of hydrogen-bond donors (Lipinski definition) is 0. The molecule has 1 aliphatic heterocycles. The molecule has 0 unspecified atom stereocenters. The molecule has 0 spiro atoms. The van der Waals surface area contributed by atoms with Crippen molar-refractivity contribution in [3.05, 3.63) is 52.2 Å². The molecular weight excluding hydrogens is 352 g/mol. The van der Waals surface area contributed by atoms with Crippen molar-refractivity contribution >= 4 is 28.7 Å². The minimum absolute atomic E-state index is 0.0710. The maximum Gasteiger partial charge on any atom is 0.361 e. The molecule has 2 aromatic heterocycles. The molecule has 0 bridgehead atoms. The van der Waals surface area contributed by atoms with Crippen molar-refractivity contribution in [3.8, 4) is 0 Å². The highest BCUT2D eigenvalue weighted by Gasteiger charge is 2.26. The first-order valence-electron chi connectivity index (χ1n) is 8.50. The Kier molecular flexibility index (Phi) is 4.19. The number of aromatic nitrogens is 3. The summed E-state index contributed by atoms with van der Waals surface area (Å²) in [5, 5.41) is 3.49. The zero-order chi connectivity index (χ0) is 19.0. The number of hydrogen-bond acceptors (Lipinski definition) is 7. The molecule has 0 fully saturated rings. The van der Waals surface area contributed by atoms with Crippen LogP contribution in [0.5, 0.6) is 0 Å². The fraction of sp³-hybridized carbons (Fsp3) is 0.278. The number of nitrogens with zero attached hydrogens (tertiary/aromatic N) is 4. The topological polar surface area (TPSA) is 108 Å². The van der Waals surface area contributed by atoms with Crippen LogP contribution in [0.15, 0.2) is 39.9 Å². The Morgan fingerprint density at radius 3 is 2.93 bits per heavy atom. The highest BCUT2D eigenvalue weighted by molar-refractivity contribution is 6.00. The van der Waals surface area contributed by atoms with Gasteiger partial charge in [0.1, 0.15) is 18.3 Å². The summed E-state index contributed by atoms with van der Waals surface area (Å²) >= 11 is 0. The number of benzene rings is 1. The van der Waals surface area contributed by atoms with Crippen LogP contribution in [0, 0.1) is 0 Å². The molecule has 3 aromatic rings. The van der Waals surface area contributed by atoms with Gasteiger partial charge in [0.05, 0.1) is 6.61 Å². The first-order valence-corrected chi connectivity index (χ1v) is 8.50. The second-order valence-electron chi connectivity index (χ2n) is 6.03. The van der Waals surface area contributed by atoms with Gasteiger partial charge < -0.3 is 14.2 Å². The SMILES string of the molecule is CCOC(=O)c1noc2ncn(CC(=O)N3CCc4ccccc43)c(=O)c12. The van der Waals surface area contributed by atoms with E-state index in [1.807, 2.05) is 24.3 Å². The Bertz CT molecular complexity index is 1100. The molecule has 1 amide bonds. The van der Waals surface area contributed by atoms with E-state index in [-0.39, 0.29) is 35.9 Å². The standard InChI is InChI=1S/C18H16N4O5/c1-2-26-18(25)15-14-16(27-20-15)19-10-21(17(14)24)9-13(23)22-8-7-11-5-3-4-6-12(11)22/h3-6,10H,2,7-9H2,1H3. The van der Waals surface area contributed by atoms with Crippen molar-refractivity contribution in [3.63, 3.8) is 0 Å². The summed E-state index contributed by atoms with van der Waals surface area (Å²) in [6.45, 7) is 2.13. The second kappa shape index (κ2) is 6.67. The quantitative estimate of drug-likeness (QED) is 0.636. The van der Waals surface area contributed by atoms with Crippen molar-refractivity contribution in [1.29, 1.82) is 0 Å². The predicted octanol–water partition coefficient (Wildman–Crippen LogP) is 1.15. The molecule has 0 aliphatic carbocycles. The number of para-hydroxylation sites is 1. The van der Waals surface area contributed by atoms with Crippen molar-refractivity contribution in [2.75, 3.05) is 18.1 Å².